The Morgan fingerprint density at radius 2 is 1.95 bits per heavy atom. The third-order valence-corrected chi connectivity index (χ3v) is 4.31. The maximum Gasteiger partial charge on any atom is 0.161 e. The zero-order chi connectivity index (χ0) is 14.9. The van der Waals surface area contributed by atoms with Gasteiger partial charge in [-0.2, -0.15) is 0 Å². The van der Waals surface area contributed by atoms with Gasteiger partial charge in [-0.3, -0.25) is 4.79 Å². The van der Waals surface area contributed by atoms with Gasteiger partial charge >= 0.3 is 0 Å². The van der Waals surface area contributed by atoms with Gasteiger partial charge in [0.05, 0.1) is 0 Å². The Kier molecular flexibility index (Phi) is 4.03. The summed E-state index contributed by atoms with van der Waals surface area (Å²) >= 11 is 0. The Balaban J connectivity index is 2.51. The molecule has 20 heavy (non-hydrogen) atoms. The quantitative estimate of drug-likeness (QED) is 0.713. The first kappa shape index (κ1) is 14.8. The normalized spacial score (nSPS) is 12.1. The fraction of sp³-hybridized carbons (Fsp3) is 0.500. The number of rotatable bonds is 5. The number of nitrogens with zero attached hydrogens (tertiary/aromatic N) is 1. The van der Waals surface area contributed by atoms with E-state index in [0.717, 1.165) is 23.9 Å². The Morgan fingerprint density at radius 1 is 1.25 bits per heavy atom. The lowest BCUT2D eigenvalue weighted by Gasteiger charge is -2.22. The fourth-order valence-electron chi connectivity index (χ4n) is 2.67. The van der Waals surface area contributed by atoms with Crippen LogP contribution in [0.15, 0.2) is 24.4 Å². The van der Waals surface area contributed by atoms with Crippen molar-refractivity contribution in [3.63, 3.8) is 0 Å². The van der Waals surface area contributed by atoms with E-state index in [9.17, 15) is 4.79 Å². The van der Waals surface area contributed by atoms with E-state index in [1.807, 2.05) is 6.20 Å². The van der Waals surface area contributed by atoms with Crippen LogP contribution in [0.2, 0.25) is 0 Å². The molecule has 0 aliphatic heterocycles. The molecule has 1 aromatic carbocycles. The lowest BCUT2D eigenvalue weighted by Crippen LogP contribution is -2.13. The molecule has 0 radical (unpaired) electrons. The minimum Gasteiger partial charge on any atom is -0.347 e. The second-order valence-corrected chi connectivity index (χ2v) is 6.43. The second-order valence-electron chi connectivity index (χ2n) is 6.43. The highest BCUT2D eigenvalue weighted by Gasteiger charge is 2.17. The molecule has 0 bridgehead atoms. The zero-order valence-corrected chi connectivity index (χ0v) is 13.3. The van der Waals surface area contributed by atoms with Crippen LogP contribution >= 0.6 is 0 Å². The molecule has 0 saturated heterocycles. The Hall–Kier alpha value is -1.57. The molecule has 0 spiro atoms. The van der Waals surface area contributed by atoms with Crippen LogP contribution in [0.25, 0.3) is 10.9 Å². The van der Waals surface area contributed by atoms with Gasteiger partial charge in [-0.15, -0.1) is 0 Å². The van der Waals surface area contributed by atoms with Gasteiger partial charge in [0.1, 0.15) is 0 Å². The molecule has 2 nitrogen and oxygen atoms in total. The van der Waals surface area contributed by atoms with E-state index in [-0.39, 0.29) is 5.78 Å². The Morgan fingerprint density at radius 3 is 2.50 bits per heavy atom. The van der Waals surface area contributed by atoms with Crippen molar-refractivity contribution in [2.24, 2.45) is 5.41 Å². The summed E-state index contributed by atoms with van der Waals surface area (Å²) in [6, 6.07) is 6.54. The molecule has 0 unspecified atom stereocenters. The van der Waals surface area contributed by atoms with Crippen molar-refractivity contribution in [3.8, 4) is 0 Å². The lowest BCUT2D eigenvalue weighted by molar-refractivity contribution is 0.101. The molecule has 2 heteroatoms. The number of aromatic nitrogens is 1. The summed E-state index contributed by atoms with van der Waals surface area (Å²) < 4.78 is 2.18. The molecule has 2 rings (SSSR count). The standard InChI is InChI=1S/C18H25NO/c1-6-18(4,5)11-14-8-9-15-16(13(3)20)12-19(7-2)17(15)10-14/h8-10,12H,6-7,11H2,1-5H3. The average molecular weight is 271 g/mol. The summed E-state index contributed by atoms with van der Waals surface area (Å²) in [4.78, 5) is 11.7. The van der Waals surface area contributed by atoms with Gasteiger partial charge in [-0.1, -0.05) is 39.3 Å². The van der Waals surface area contributed by atoms with Crippen molar-refractivity contribution in [2.75, 3.05) is 0 Å². The van der Waals surface area contributed by atoms with Crippen molar-refractivity contribution in [3.05, 3.63) is 35.5 Å². The predicted octanol–water partition coefficient (Wildman–Crippen LogP) is 4.84. The molecule has 0 aliphatic rings. The molecule has 0 atom stereocenters. The van der Waals surface area contributed by atoms with Gasteiger partial charge in [-0.25, -0.2) is 0 Å². The van der Waals surface area contributed by atoms with Gasteiger partial charge in [-0.05, 0) is 37.3 Å². The van der Waals surface area contributed by atoms with Crippen molar-refractivity contribution >= 4 is 16.7 Å². The summed E-state index contributed by atoms with van der Waals surface area (Å²) in [6.07, 6.45) is 4.23. The first-order valence-electron chi connectivity index (χ1n) is 7.50. The number of hydrogen-bond acceptors (Lipinski definition) is 1. The Labute approximate surface area is 121 Å². The number of carbonyl (C=O) groups excluding carboxylic acids is 1. The minimum absolute atomic E-state index is 0.142. The van der Waals surface area contributed by atoms with Crippen molar-refractivity contribution in [2.45, 2.75) is 54.0 Å². The van der Waals surface area contributed by atoms with Crippen molar-refractivity contribution in [1.29, 1.82) is 0 Å². The molecular weight excluding hydrogens is 246 g/mol. The van der Waals surface area contributed by atoms with Crippen molar-refractivity contribution < 1.29 is 4.79 Å². The molecule has 0 N–H and O–H groups in total. The van der Waals surface area contributed by atoms with Crippen LogP contribution < -0.4 is 0 Å². The maximum absolute atomic E-state index is 11.7. The summed E-state index contributed by atoms with van der Waals surface area (Å²) in [5.41, 5.74) is 3.69. The van der Waals surface area contributed by atoms with Gasteiger partial charge in [0.25, 0.3) is 0 Å². The number of ketones is 1. The van der Waals surface area contributed by atoms with Crippen LogP contribution in [-0.4, -0.2) is 10.4 Å². The molecular formula is C18H25NO. The van der Waals surface area contributed by atoms with Crippen LogP contribution in [0.5, 0.6) is 0 Å². The molecule has 0 saturated carbocycles. The number of fused-ring (bicyclic) bond motifs is 1. The van der Waals surface area contributed by atoms with Gasteiger partial charge < -0.3 is 4.57 Å². The SMILES string of the molecule is CCn1cc(C(C)=O)c2ccc(CC(C)(C)CC)cc21. The second kappa shape index (κ2) is 5.43. The molecule has 2 aromatic rings. The first-order valence-corrected chi connectivity index (χ1v) is 7.50. The third-order valence-electron chi connectivity index (χ3n) is 4.31. The third kappa shape index (κ3) is 2.79. The van der Waals surface area contributed by atoms with E-state index < -0.39 is 0 Å². The van der Waals surface area contributed by atoms with E-state index in [2.05, 4.69) is 50.5 Å². The number of aryl methyl sites for hydroxylation is 1. The predicted molar refractivity (Wildman–Crippen MR) is 85.4 cm³/mol. The molecule has 1 aromatic heterocycles. The summed E-state index contributed by atoms with van der Waals surface area (Å²) in [5.74, 6) is 0.142. The molecule has 0 aliphatic carbocycles. The monoisotopic (exact) mass is 271 g/mol. The van der Waals surface area contributed by atoms with E-state index in [1.165, 1.54) is 17.5 Å². The zero-order valence-electron chi connectivity index (χ0n) is 13.3. The van der Waals surface area contributed by atoms with Gasteiger partial charge in [0, 0.05) is 29.2 Å². The summed E-state index contributed by atoms with van der Waals surface area (Å²) in [7, 11) is 0. The smallest absolute Gasteiger partial charge is 0.161 e. The number of Topliss-reactive ketones (excluding diaryl/α,β-unsaturated/α-hetero) is 1. The van der Waals surface area contributed by atoms with Crippen LogP contribution in [0.3, 0.4) is 0 Å². The highest BCUT2D eigenvalue weighted by Crippen LogP contribution is 2.29. The molecule has 1 heterocycles. The van der Waals surface area contributed by atoms with Crippen molar-refractivity contribution in [1.82, 2.24) is 4.57 Å². The topological polar surface area (TPSA) is 22.0 Å². The maximum atomic E-state index is 11.7. The molecule has 0 amide bonds. The summed E-state index contributed by atoms with van der Waals surface area (Å²) in [6.45, 7) is 11.5. The highest BCUT2D eigenvalue weighted by molar-refractivity contribution is 6.07. The number of hydrogen-bond donors (Lipinski definition) is 0. The van der Waals surface area contributed by atoms with E-state index in [0.29, 0.717) is 5.41 Å². The van der Waals surface area contributed by atoms with Crippen LogP contribution in [0, 0.1) is 5.41 Å². The fourth-order valence-corrected chi connectivity index (χ4v) is 2.67. The largest absolute Gasteiger partial charge is 0.347 e. The number of carbonyl (C=O) groups is 1. The molecule has 0 fully saturated rings. The van der Waals surface area contributed by atoms with E-state index in [4.69, 9.17) is 0 Å². The van der Waals surface area contributed by atoms with Gasteiger partial charge in [0.15, 0.2) is 5.78 Å². The summed E-state index contributed by atoms with van der Waals surface area (Å²) in [5, 5.41) is 1.08. The van der Waals surface area contributed by atoms with Crippen LogP contribution in [0.1, 0.15) is 57.0 Å². The minimum atomic E-state index is 0.142. The number of benzene rings is 1. The van der Waals surface area contributed by atoms with Gasteiger partial charge in [0.2, 0.25) is 0 Å². The lowest BCUT2D eigenvalue weighted by atomic mass is 9.83. The van der Waals surface area contributed by atoms with E-state index >= 15 is 0 Å². The Bertz CT molecular complexity index is 634. The van der Waals surface area contributed by atoms with Crippen LogP contribution in [-0.2, 0) is 13.0 Å². The molecule has 108 valence electrons. The highest BCUT2D eigenvalue weighted by atomic mass is 16.1. The first-order chi connectivity index (χ1) is 9.38. The average Bonchev–Trinajstić information content (AvgIpc) is 2.76. The van der Waals surface area contributed by atoms with E-state index in [1.54, 1.807) is 6.92 Å². The van der Waals surface area contributed by atoms with Crippen LogP contribution in [0.4, 0.5) is 0 Å².